The van der Waals surface area contributed by atoms with Gasteiger partial charge in [-0.2, -0.15) is 0 Å². The third-order valence-corrected chi connectivity index (χ3v) is 9.38. The third kappa shape index (κ3) is 2.38. The number of aliphatic hydroxyl groups is 2. The van der Waals surface area contributed by atoms with Crippen molar-refractivity contribution in [2.75, 3.05) is 0 Å². The third-order valence-electron chi connectivity index (χ3n) is 9.38. The lowest BCUT2D eigenvalue weighted by atomic mass is 9.47. The minimum absolute atomic E-state index is 0.0351. The average Bonchev–Trinajstić information content (AvgIpc) is 3.29. The van der Waals surface area contributed by atoms with Crippen molar-refractivity contribution in [3.63, 3.8) is 0 Å². The molecule has 158 valence electrons. The lowest BCUT2D eigenvalue weighted by Gasteiger charge is -2.58. The van der Waals surface area contributed by atoms with E-state index in [9.17, 15) is 10.2 Å². The number of hydrogen-bond donors (Lipinski definition) is 2. The summed E-state index contributed by atoms with van der Waals surface area (Å²) in [7, 11) is 0. The van der Waals surface area contributed by atoms with Gasteiger partial charge < -0.3 is 14.8 Å². The molecule has 4 heteroatoms. The summed E-state index contributed by atoms with van der Waals surface area (Å²) in [5.74, 6) is 1.87. The van der Waals surface area contributed by atoms with Gasteiger partial charge in [-0.15, -0.1) is 0 Å². The van der Waals surface area contributed by atoms with E-state index in [-0.39, 0.29) is 10.8 Å². The van der Waals surface area contributed by atoms with Gasteiger partial charge in [-0.1, -0.05) is 43.7 Å². The highest BCUT2D eigenvalue weighted by molar-refractivity contribution is 5.80. The number of benzene rings is 1. The SMILES string of the molecule is C[C@]12CC(O)[C@H](O)CC1=CCC1C2CC[C@]2(C)C(n3cnc4ccccc43)=CCC12. The summed E-state index contributed by atoms with van der Waals surface area (Å²) in [6.45, 7) is 4.84. The molecule has 0 radical (unpaired) electrons. The van der Waals surface area contributed by atoms with E-state index in [2.05, 4.69) is 59.8 Å². The molecule has 4 unspecified atom stereocenters. The van der Waals surface area contributed by atoms with Crippen LogP contribution in [0, 0.1) is 28.6 Å². The summed E-state index contributed by atoms with van der Waals surface area (Å²) in [5, 5.41) is 20.7. The molecule has 0 amide bonds. The van der Waals surface area contributed by atoms with E-state index >= 15 is 0 Å². The molecule has 4 aliphatic rings. The first kappa shape index (κ1) is 18.8. The van der Waals surface area contributed by atoms with E-state index < -0.39 is 12.2 Å². The number of aliphatic hydroxyl groups excluding tert-OH is 2. The Morgan fingerprint density at radius 3 is 2.70 bits per heavy atom. The number of fused-ring (bicyclic) bond motifs is 6. The molecule has 0 spiro atoms. The molecular formula is C26H32N2O2. The number of para-hydroxylation sites is 2. The molecule has 1 heterocycles. The lowest BCUT2D eigenvalue weighted by Crippen LogP contribution is -2.52. The summed E-state index contributed by atoms with van der Waals surface area (Å²) in [5.41, 5.74) is 5.30. The van der Waals surface area contributed by atoms with Crippen LogP contribution < -0.4 is 0 Å². The molecule has 2 N–H and O–H groups in total. The Labute approximate surface area is 178 Å². The molecule has 7 atom stereocenters. The molecule has 1 aromatic heterocycles. The van der Waals surface area contributed by atoms with Gasteiger partial charge in [-0.05, 0) is 73.8 Å². The van der Waals surface area contributed by atoms with E-state index in [4.69, 9.17) is 0 Å². The largest absolute Gasteiger partial charge is 0.390 e. The standard InChI is InChI=1S/C26H32N2O2/c1-25-12-11-19-17(8-7-16-13-22(29)23(30)14-26(16,19)2)18(25)9-10-24(25)28-15-27-20-5-3-4-6-21(20)28/h3-7,10,15,17-19,22-23,29-30H,8-9,11-14H2,1-2H3/t17?,18?,19?,22-,23?,25+,26+/m1/s1. The summed E-state index contributed by atoms with van der Waals surface area (Å²) in [4.78, 5) is 4.65. The fourth-order valence-electron chi connectivity index (χ4n) is 7.76. The molecule has 6 rings (SSSR count). The maximum atomic E-state index is 10.5. The van der Waals surface area contributed by atoms with E-state index in [0.29, 0.717) is 30.6 Å². The van der Waals surface area contributed by atoms with Gasteiger partial charge in [0.2, 0.25) is 0 Å². The van der Waals surface area contributed by atoms with Crippen molar-refractivity contribution in [2.45, 2.75) is 64.6 Å². The number of hydrogen-bond acceptors (Lipinski definition) is 3. The molecule has 0 bridgehead atoms. The molecule has 0 saturated heterocycles. The van der Waals surface area contributed by atoms with Crippen molar-refractivity contribution in [1.82, 2.24) is 9.55 Å². The van der Waals surface area contributed by atoms with E-state index in [0.717, 1.165) is 18.4 Å². The van der Waals surface area contributed by atoms with Crippen LogP contribution in [-0.4, -0.2) is 32.0 Å². The van der Waals surface area contributed by atoms with Crippen molar-refractivity contribution in [3.05, 3.63) is 48.3 Å². The zero-order valence-corrected chi connectivity index (χ0v) is 18.0. The van der Waals surface area contributed by atoms with Crippen LogP contribution in [0.25, 0.3) is 16.7 Å². The molecule has 2 fully saturated rings. The van der Waals surface area contributed by atoms with Gasteiger partial charge in [0.1, 0.15) is 6.33 Å². The Hall–Kier alpha value is -1.91. The van der Waals surface area contributed by atoms with Crippen molar-refractivity contribution in [1.29, 1.82) is 0 Å². The first-order valence-corrected chi connectivity index (χ1v) is 11.6. The Kier molecular flexibility index (Phi) is 3.96. The number of rotatable bonds is 1. The number of allylic oxidation sites excluding steroid dienone is 3. The van der Waals surface area contributed by atoms with Gasteiger partial charge in [0, 0.05) is 11.1 Å². The number of aromatic nitrogens is 2. The van der Waals surface area contributed by atoms with Crippen LogP contribution in [0.15, 0.2) is 48.3 Å². The summed E-state index contributed by atoms with van der Waals surface area (Å²) >= 11 is 0. The summed E-state index contributed by atoms with van der Waals surface area (Å²) in [6.07, 6.45) is 11.7. The smallest absolute Gasteiger partial charge is 0.100 e. The van der Waals surface area contributed by atoms with Crippen molar-refractivity contribution >= 4 is 16.7 Å². The highest BCUT2D eigenvalue weighted by Crippen LogP contribution is 2.65. The summed E-state index contributed by atoms with van der Waals surface area (Å²) < 4.78 is 2.34. The zero-order chi connectivity index (χ0) is 20.7. The Bertz CT molecular complexity index is 1070. The molecule has 4 nitrogen and oxygen atoms in total. The van der Waals surface area contributed by atoms with Crippen LogP contribution >= 0.6 is 0 Å². The zero-order valence-electron chi connectivity index (χ0n) is 18.0. The highest BCUT2D eigenvalue weighted by Gasteiger charge is 2.58. The Morgan fingerprint density at radius 2 is 1.83 bits per heavy atom. The average molecular weight is 405 g/mol. The van der Waals surface area contributed by atoms with Gasteiger partial charge in [0.25, 0.3) is 0 Å². The van der Waals surface area contributed by atoms with Crippen molar-refractivity contribution in [2.24, 2.45) is 28.6 Å². The fraction of sp³-hybridized carbons (Fsp3) is 0.577. The number of imidazole rings is 1. The molecule has 4 aliphatic carbocycles. The van der Waals surface area contributed by atoms with Crippen LogP contribution in [-0.2, 0) is 0 Å². The van der Waals surface area contributed by atoms with Gasteiger partial charge in [-0.3, -0.25) is 0 Å². The maximum Gasteiger partial charge on any atom is 0.100 e. The van der Waals surface area contributed by atoms with Gasteiger partial charge >= 0.3 is 0 Å². The van der Waals surface area contributed by atoms with E-state index in [1.54, 1.807) is 0 Å². The first-order valence-electron chi connectivity index (χ1n) is 11.6. The van der Waals surface area contributed by atoms with Gasteiger partial charge in [0.05, 0.1) is 23.2 Å². The minimum atomic E-state index is -0.594. The molecule has 2 aromatic rings. The van der Waals surface area contributed by atoms with E-state index in [1.165, 1.54) is 29.6 Å². The predicted molar refractivity (Wildman–Crippen MR) is 118 cm³/mol. The molecule has 1 aromatic carbocycles. The van der Waals surface area contributed by atoms with Crippen LogP contribution in [0.5, 0.6) is 0 Å². The molecule has 0 aliphatic heterocycles. The Morgan fingerprint density at radius 1 is 1.00 bits per heavy atom. The van der Waals surface area contributed by atoms with Crippen molar-refractivity contribution in [3.8, 4) is 0 Å². The number of nitrogens with zero attached hydrogens (tertiary/aromatic N) is 2. The second kappa shape index (κ2) is 6.30. The van der Waals surface area contributed by atoms with Crippen LogP contribution in [0.3, 0.4) is 0 Å². The highest BCUT2D eigenvalue weighted by atomic mass is 16.3. The Balaban J connectivity index is 1.36. The second-order valence-electron chi connectivity index (χ2n) is 10.7. The summed E-state index contributed by atoms with van der Waals surface area (Å²) in [6, 6.07) is 8.43. The maximum absolute atomic E-state index is 10.5. The van der Waals surface area contributed by atoms with Crippen LogP contribution in [0.4, 0.5) is 0 Å². The minimum Gasteiger partial charge on any atom is -0.390 e. The van der Waals surface area contributed by atoms with Gasteiger partial charge in [0.15, 0.2) is 0 Å². The molecule has 2 saturated carbocycles. The monoisotopic (exact) mass is 404 g/mol. The fourth-order valence-corrected chi connectivity index (χ4v) is 7.76. The lowest BCUT2D eigenvalue weighted by molar-refractivity contribution is -0.0753. The topological polar surface area (TPSA) is 58.3 Å². The van der Waals surface area contributed by atoms with E-state index in [1.807, 2.05) is 6.33 Å². The quantitative estimate of drug-likeness (QED) is 0.673. The van der Waals surface area contributed by atoms with Crippen LogP contribution in [0.2, 0.25) is 0 Å². The first-order chi connectivity index (χ1) is 14.4. The predicted octanol–water partition coefficient (Wildman–Crippen LogP) is 4.78. The normalized spacial score (nSPS) is 42.9. The second-order valence-corrected chi connectivity index (χ2v) is 10.7. The van der Waals surface area contributed by atoms with Crippen molar-refractivity contribution < 1.29 is 10.2 Å². The van der Waals surface area contributed by atoms with Crippen LogP contribution in [0.1, 0.15) is 52.4 Å². The molecular weight excluding hydrogens is 372 g/mol. The van der Waals surface area contributed by atoms with Gasteiger partial charge in [-0.25, -0.2) is 4.98 Å². The molecule has 30 heavy (non-hydrogen) atoms.